The van der Waals surface area contributed by atoms with Crippen LogP contribution in [0.5, 0.6) is 0 Å². The molecule has 1 amide bonds. The standard InChI is InChI=1S/C21H20N2O5S2/c1-28-20(24)14-18(19-8-5-13-29-19)22-21(25)15-9-11-17(12-10-15)30(26,27)23-16-6-3-2-4-7-16/h2-13,18,23H,14H2,1H3,(H,22,25). The Morgan fingerprint density at radius 3 is 2.30 bits per heavy atom. The third-order valence-corrected chi connectivity index (χ3v) is 6.63. The molecule has 3 rings (SSSR count). The van der Waals surface area contributed by atoms with E-state index < -0.39 is 27.9 Å². The van der Waals surface area contributed by atoms with Crippen LogP contribution in [0.15, 0.2) is 77.0 Å². The van der Waals surface area contributed by atoms with Crippen LogP contribution in [0.1, 0.15) is 27.7 Å². The molecule has 0 aliphatic rings. The molecule has 0 aliphatic heterocycles. The van der Waals surface area contributed by atoms with E-state index in [-0.39, 0.29) is 16.9 Å². The van der Waals surface area contributed by atoms with Crippen molar-refractivity contribution in [3.8, 4) is 0 Å². The number of sulfonamides is 1. The van der Waals surface area contributed by atoms with Crippen LogP contribution < -0.4 is 10.0 Å². The average Bonchev–Trinajstić information content (AvgIpc) is 3.28. The number of anilines is 1. The molecule has 0 fully saturated rings. The van der Waals surface area contributed by atoms with Crippen molar-refractivity contribution >= 4 is 38.9 Å². The molecule has 3 aromatic rings. The molecule has 0 aliphatic carbocycles. The van der Waals surface area contributed by atoms with Crippen LogP contribution in [0.25, 0.3) is 0 Å². The summed E-state index contributed by atoms with van der Waals surface area (Å²) in [6.07, 6.45) is -0.00376. The fourth-order valence-corrected chi connectivity index (χ4v) is 4.55. The van der Waals surface area contributed by atoms with E-state index in [1.165, 1.54) is 42.7 Å². The first-order valence-corrected chi connectivity index (χ1v) is 11.3. The van der Waals surface area contributed by atoms with Gasteiger partial charge in [0.05, 0.1) is 24.5 Å². The number of benzene rings is 2. The number of thiophene rings is 1. The maximum atomic E-state index is 12.6. The van der Waals surface area contributed by atoms with Gasteiger partial charge in [-0.2, -0.15) is 0 Å². The summed E-state index contributed by atoms with van der Waals surface area (Å²) in [4.78, 5) is 25.2. The van der Waals surface area contributed by atoms with Crippen LogP contribution in [0.4, 0.5) is 5.69 Å². The van der Waals surface area contributed by atoms with Crippen molar-refractivity contribution in [2.75, 3.05) is 11.8 Å². The molecule has 0 bridgehead atoms. The fourth-order valence-electron chi connectivity index (χ4n) is 2.71. The number of nitrogens with one attached hydrogen (secondary N) is 2. The average molecular weight is 445 g/mol. The summed E-state index contributed by atoms with van der Waals surface area (Å²) >= 11 is 1.42. The molecule has 1 heterocycles. The summed E-state index contributed by atoms with van der Waals surface area (Å²) in [7, 11) is -2.48. The molecule has 0 spiro atoms. The summed E-state index contributed by atoms with van der Waals surface area (Å²) in [6, 6.07) is 17.2. The molecule has 9 heteroatoms. The number of para-hydroxylation sites is 1. The lowest BCUT2D eigenvalue weighted by molar-refractivity contribution is -0.141. The van der Waals surface area contributed by atoms with Crippen LogP contribution in [0.3, 0.4) is 0 Å². The van der Waals surface area contributed by atoms with Gasteiger partial charge >= 0.3 is 5.97 Å². The Morgan fingerprint density at radius 1 is 1.00 bits per heavy atom. The van der Waals surface area contributed by atoms with Crippen molar-refractivity contribution in [2.45, 2.75) is 17.4 Å². The Hall–Kier alpha value is -3.17. The van der Waals surface area contributed by atoms with Gasteiger partial charge in [-0.3, -0.25) is 14.3 Å². The number of rotatable bonds is 8. The number of methoxy groups -OCH3 is 1. The molecule has 1 unspecified atom stereocenters. The zero-order valence-corrected chi connectivity index (χ0v) is 17.7. The number of carbonyl (C=O) groups is 2. The highest BCUT2D eigenvalue weighted by Gasteiger charge is 2.21. The van der Waals surface area contributed by atoms with Crippen molar-refractivity contribution < 1.29 is 22.7 Å². The minimum absolute atomic E-state index is 0.00376. The fraction of sp³-hybridized carbons (Fsp3) is 0.143. The van der Waals surface area contributed by atoms with Crippen LogP contribution in [0.2, 0.25) is 0 Å². The summed E-state index contributed by atoms with van der Waals surface area (Å²) in [5.74, 6) is -0.862. The van der Waals surface area contributed by atoms with E-state index in [1.807, 2.05) is 17.5 Å². The Morgan fingerprint density at radius 2 is 1.70 bits per heavy atom. The highest BCUT2D eigenvalue weighted by atomic mass is 32.2. The third-order valence-electron chi connectivity index (χ3n) is 4.24. The molecular formula is C21H20N2O5S2. The molecule has 1 atom stereocenters. The molecule has 1 aromatic heterocycles. The lowest BCUT2D eigenvalue weighted by atomic mass is 10.1. The maximum absolute atomic E-state index is 12.6. The lowest BCUT2D eigenvalue weighted by Gasteiger charge is -2.16. The highest BCUT2D eigenvalue weighted by molar-refractivity contribution is 7.92. The number of amides is 1. The van der Waals surface area contributed by atoms with Crippen molar-refractivity contribution in [1.29, 1.82) is 0 Å². The van der Waals surface area contributed by atoms with Gasteiger partial charge in [0.25, 0.3) is 15.9 Å². The summed E-state index contributed by atoms with van der Waals surface area (Å²) in [5, 5.41) is 4.66. The van der Waals surface area contributed by atoms with Gasteiger partial charge in [0, 0.05) is 16.1 Å². The zero-order valence-electron chi connectivity index (χ0n) is 16.1. The van der Waals surface area contributed by atoms with Crippen molar-refractivity contribution in [3.05, 3.63) is 82.6 Å². The number of ether oxygens (including phenoxy) is 1. The maximum Gasteiger partial charge on any atom is 0.307 e. The van der Waals surface area contributed by atoms with E-state index in [1.54, 1.807) is 30.3 Å². The number of hydrogen-bond acceptors (Lipinski definition) is 6. The second kappa shape index (κ2) is 9.55. The molecular weight excluding hydrogens is 424 g/mol. The number of esters is 1. The predicted molar refractivity (Wildman–Crippen MR) is 115 cm³/mol. The van der Waals surface area contributed by atoms with E-state index in [9.17, 15) is 18.0 Å². The van der Waals surface area contributed by atoms with E-state index >= 15 is 0 Å². The first kappa shape index (κ1) is 21.5. The topological polar surface area (TPSA) is 102 Å². The molecule has 30 heavy (non-hydrogen) atoms. The molecule has 0 saturated carbocycles. The van der Waals surface area contributed by atoms with E-state index in [2.05, 4.69) is 10.0 Å². The van der Waals surface area contributed by atoms with E-state index in [4.69, 9.17) is 4.74 Å². The van der Waals surface area contributed by atoms with Gasteiger partial charge in [-0.15, -0.1) is 11.3 Å². The second-order valence-electron chi connectivity index (χ2n) is 6.32. The van der Waals surface area contributed by atoms with Crippen LogP contribution >= 0.6 is 11.3 Å². The quantitative estimate of drug-likeness (QED) is 0.517. The lowest BCUT2D eigenvalue weighted by Crippen LogP contribution is -2.30. The normalized spacial score (nSPS) is 12.0. The van der Waals surface area contributed by atoms with E-state index in [0.717, 1.165) is 4.88 Å². The minimum atomic E-state index is -3.77. The molecule has 0 radical (unpaired) electrons. The molecule has 156 valence electrons. The Labute approximate surface area is 178 Å². The zero-order chi connectivity index (χ0) is 21.6. The van der Waals surface area contributed by atoms with Crippen LogP contribution in [-0.2, 0) is 19.6 Å². The van der Waals surface area contributed by atoms with Crippen molar-refractivity contribution in [1.82, 2.24) is 5.32 Å². The number of hydrogen-bond donors (Lipinski definition) is 2. The predicted octanol–water partition coefficient (Wildman–Crippen LogP) is 3.58. The van der Waals surface area contributed by atoms with Crippen LogP contribution in [-0.4, -0.2) is 27.4 Å². The monoisotopic (exact) mass is 444 g/mol. The van der Waals surface area contributed by atoms with Gasteiger partial charge < -0.3 is 10.1 Å². The summed E-state index contributed by atoms with van der Waals surface area (Å²) in [5.41, 5.74) is 0.723. The summed E-state index contributed by atoms with van der Waals surface area (Å²) < 4.78 is 32.2. The minimum Gasteiger partial charge on any atom is -0.469 e. The Kier molecular flexibility index (Phi) is 6.86. The van der Waals surface area contributed by atoms with Gasteiger partial charge in [0.15, 0.2) is 0 Å². The van der Waals surface area contributed by atoms with Crippen LogP contribution in [0, 0.1) is 0 Å². The van der Waals surface area contributed by atoms with Gasteiger partial charge in [-0.05, 0) is 47.8 Å². The second-order valence-corrected chi connectivity index (χ2v) is 8.98. The summed E-state index contributed by atoms with van der Waals surface area (Å²) in [6.45, 7) is 0. The molecule has 2 N–H and O–H groups in total. The highest BCUT2D eigenvalue weighted by Crippen LogP contribution is 2.23. The first-order valence-electron chi connectivity index (χ1n) is 8.98. The number of carbonyl (C=O) groups excluding carboxylic acids is 2. The van der Waals surface area contributed by atoms with Gasteiger partial charge in [-0.25, -0.2) is 8.42 Å². The third kappa shape index (κ3) is 5.46. The van der Waals surface area contributed by atoms with Gasteiger partial charge in [-0.1, -0.05) is 24.3 Å². The SMILES string of the molecule is COC(=O)CC(NC(=O)c1ccc(S(=O)(=O)Nc2ccccc2)cc1)c1cccs1. The van der Waals surface area contributed by atoms with E-state index in [0.29, 0.717) is 5.69 Å². The van der Waals surface area contributed by atoms with Crippen molar-refractivity contribution in [3.63, 3.8) is 0 Å². The first-order chi connectivity index (χ1) is 14.4. The molecule has 0 saturated heterocycles. The van der Waals surface area contributed by atoms with Gasteiger partial charge in [0.1, 0.15) is 0 Å². The molecule has 2 aromatic carbocycles. The molecule has 7 nitrogen and oxygen atoms in total. The largest absolute Gasteiger partial charge is 0.469 e. The smallest absolute Gasteiger partial charge is 0.307 e. The van der Waals surface area contributed by atoms with Crippen molar-refractivity contribution in [2.24, 2.45) is 0 Å². The Bertz CT molecular complexity index is 1100. The Balaban J connectivity index is 1.73. The van der Waals surface area contributed by atoms with Gasteiger partial charge in [0.2, 0.25) is 0 Å².